The molecular weight excluding hydrogens is 588 g/mol. The van der Waals surface area contributed by atoms with Crippen LogP contribution in [0.5, 0.6) is 0 Å². The molecule has 46 heavy (non-hydrogen) atoms. The van der Waals surface area contributed by atoms with Crippen molar-refractivity contribution in [2.75, 3.05) is 0 Å². The van der Waals surface area contributed by atoms with Crippen LogP contribution in [0.3, 0.4) is 0 Å². The zero-order valence-electron chi connectivity index (χ0n) is 25.6. The molecule has 0 fully saturated rings. The zero-order valence-corrected chi connectivity index (χ0v) is 27.7. The van der Waals surface area contributed by atoms with Crippen LogP contribution in [-0.4, -0.2) is 8.80 Å². The number of fused-ring (bicyclic) bond motifs is 8. The lowest BCUT2D eigenvalue weighted by Crippen LogP contribution is -2.56. The molecule has 0 radical (unpaired) electrons. The SMILES string of the molecule is c1ccc([Si@@H](c2ccccc2P2Cc3ccc4ccccc4c3-c3c(ccc4ccccc34)C2)c2cccc3ccccc23)cc1. The number of hydrogen-bond donors (Lipinski definition) is 0. The fourth-order valence-corrected chi connectivity index (χ4v) is 14.5. The highest BCUT2D eigenvalue weighted by molar-refractivity contribution is 7.64. The van der Waals surface area contributed by atoms with Crippen LogP contribution in [0.15, 0.2) is 170 Å². The molecule has 0 saturated carbocycles. The average Bonchev–Trinajstić information content (AvgIpc) is 3.30. The molecule has 1 heterocycles. The van der Waals surface area contributed by atoms with Crippen LogP contribution in [0.2, 0.25) is 0 Å². The summed E-state index contributed by atoms with van der Waals surface area (Å²) in [5.41, 5.74) is 5.85. The van der Waals surface area contributed by atoms with Gasteiger partial charge in [-0.25, -0.2) is 0 Å². The van der Waals surface area contributed by atoms with Crippen molar-refractivity contribution in [3.63, 3.8) is 0 Å². The van der Waals surface area contributed by atoms with E-state index >= 15 is 0 Å². The molecule has 8 aromatic carbocycles. The Kier molecular flexibility index (Phi) is 6.89. The topological polar surface area (TPSA) is 0 Å². The molecule has 0 aromatic heterocycles. The normalized spacial score (nSPS) is 13.7. The van der Waals surface area contributed by atoms with Crippen LogP contribution < -0.4 is 20.9 Å². The van der Waals surface area contributed by atoms with E-state index in [9.17, 15) is 0 Å². The molecular formula is C44H33PSi. The fourth-order valence-electron chi connectivity index (χ4n) is 7.82. The van der Waals surface area contributed by atoms with Crippen molar-refractivity contribution in [2.24, 2.45) is 0 Å². The quantitative estimate of drug-likeness (QED) is 0.105. The maximum atomic E-state index is 2.47. The minimum atomic E-state index is -1.82. The Bertz CT molecular complexity index is 2300. The third kappa shape index (κ3) is 4.62. The van der Waals surface area contributed by atoms with Gasteiger partial charge in [-0.15, -0.1) is 0 Å². The van der Waals surface area contributed by atoms with Gasteiger partial charge in [0.1, 0.15) is 8.80 Å². The first-order valence-corrected chi connectivity index (χ1v) is 19.7. The summed E-state index contributed by atoms with van der Waals surface area (Å²) >= 11 is 0. The Morgan fingerprint density at radius 1 is 0.370 bits per heavy atom. The lowest BCUT2D eigenvalue weighted by Gasteiger charge is -2.26. The summed E-state index contributed by atoms with van der Waals surface area (Å²) in [6, 6.07) is 64.3. The first-order valence-electron chi connectivity index (χ1n) is 16.2. The maximum Gasteiger partial charge on any atom is 0.134 e. The van der Waals surface area contributed by atoms with Gasteiger partial charge >= 0.3 is 0 Å². The lowest BCUT2D eigenvalue weighted by molar-refractivity contribution is 1.40. The summed E-state index contributed by atoms with van der Waals surface area (Å²) in [6.45, 7) is 0. The van der Waals surface area contributed by atoms with Crippen molar-refractivity contribution >= 4 is 69.9 Å². The molecule has 1 atom stereocenters. The Morgan fingerprint density at radius 3 is 1.50 bits per heavy atom. The van der Waals surface area contributed by atoms with Gasteiger partial charge in [0, 0.05) is 0 Å². The first-order chi connectivity index (χ1) is 22.8. The molecule has 0 amide bonds. The molecule has 1 aliphatic heterocycles. The molecule has 0 nitrogen and oxygen atoms in total. The maximum absolute atomic E-state index is 2.47. The van der Waals surface area contributed by atoms with E-state index in [1.54, 1.807) is 10.5 Å². The summed E-state index contributed by atoms with van der Waals surface area (Å²) in [5.74, 6) is 0. The van der Waals surface area contributed by atoms with Crippen LogP contribution in [0.4, 0.5) is 0 Å². The molecule has 1 aliphatic rings. The lowest BCUT2D eigenvalue weighted by atomic mass is 9.88. The van der Waals surface area contributed by atoms with Gasteiger partial charge < -0.3 is 0 Å². The Hall–Kier alpha value is -4.81. The van der Waals surface area contributed by atoms with Gasteiger partial charge in [0.25, 0.3) is 0 Å². The molecule has 0 bridgehead atoms. The second kappa shape index (κ2) is 11.5. The van der Waals surface area contributed by atoms with Crippen LogP contribution in [0.1, 0.15) is 11.1 Å². The van der Waals surface area contributed by atoms with Gasteiger partial charge in [-0.05, 0) is 82.6 Å². The van der Waals surface area contributed by atoms with E-state index in [4.69, 9.17) is 0 Å². The second-order valence-electron chi connectivity index (χ2n) is 12.5. The molecule has 0 saturated heterocycles. The molecule has 0 N–H and O–H groups in total. The van der Waals surface area contributed by atoms with Crippen LogP contribution in [0.25, 0.3) is 43.4 Å². The minimum Gasteiger partial charge on any atom is -0.0664 e. The Labute approximate surface area is 273 Å². The number of hydrogen-bond acceptors (Lipinski definition) is 0. The van der Waals surface area contributed by atoms with Crippen molar-refractivity contribution in [1.29, 1.82) is 0 Å². The standard InChI is InChI=1S/C44H33PSi/c1-2-17-36(18-3-1)46(41-24-12-16-31-13-4-7-19-37(31)41)42-23-11-10-22-40(42)45-29-34-27-25-32-14-5-8-20-38(32)43(34)44-35(30-45)28-26-33-15-6-9-21-39(33)44/h1-28,46H,29-30H2/t46-/m1/s1. The van der Waals surface area contributed by atoms with E-state index in [1.807, 2.05) is 0 Å². The minimum absolute atomic E-state index is 0.520. The highest BCUT2D eigenvalue weighted by Gasteiger charge is 2.30. The van der Waals surface area contributed by atoms with Crippen molar-refractivity contribution in [1.82, 2.24) is 0 Å². The van der Waals surface area contributed by atoms with Crippen molar-refractivity contribution < 1.29 is 0 Å². The molecule has 0 aliphatic carbocycles. The fraction of sp³-hybridized carbons (Fsp3) is 0.0455. The molecule has 218 valence electrons. The average molecular weight is 621 g/mol. The van der Waals surface area contributed by atoms with Crippen molar-refractivity contribution in [3.05, 3.63) is 181 Å². The molecule has 0 spiro atoms. The van der Waals surface area contributed by atoms with E-state index < -0.39 is 16.7 Å². The monoisotopic (exact) mass is 620 g/mol. The molecule has 9 rings (SSSR count). The van der Waals surface area contributed by atoms with Crippen molar-refractivity contribution in [2.45, 2.75) is 12.3 Å². The third-order valence-electron chi connectivity index (χ3n) is 9.86. The van der Waals surface area contributed by atoms with E-state index in [2.05, 4.69) is 170 Å². The predicted molar refractivity (Wildman–Crippen MR) is 204 cm³/mol. The van der Waals surface area contributed by atoms with E-state index in [1.165, 1.54) is 64.9 Å². The van der Waals surface area contributed by atoms with Gasteiger partial charge in [0.2, 0.25) is 0 Å². The van der Waals surface area contributed by atoms with Crippen LogP contribution >= 0.6 is 7.92 Å². The highest BCUT2D eigenvalue weighted by atomic mass is 31.1. The second-order valence-corrected chi connectivity index (χ2v) is 17.4. The summed E-state index contributed by atoms with van der Waals surface area (Å²) in [4.78, 5) is 0. The van der Waals surface area contributed by atoms with Gasteiger partial charge in [-0.2, -0.15) is 0 Å². The van der Waals surface area contributed by atoms with E-state index in [-0.39, 0.29) is 0 Å². The van der Waals surface area contributed by atoms with Crippen molar-refractivity contribution in [3.8, 4) is 11.1 Å². The van der Waals surface area contributed by atoms with Gasteiger partial charge in [-0.1, -0.05) is 183 Å². The van der Waals surface area contributed by atoms with Gasteiger partial charge in [0.15, 0.2) is 0 Å². The summed E-state index contributed by atoms with van der Waals surface area (Å²) in [7, 11) is -2.34. The van der Waals surface area contributed by atoms with Gasteiger partial charge in [0.05, 0.1) is 0 Å². The Balaban J connectivity index is 1.29. The van der Waals surface area contributed by atoms with E-state index in [0.717, 1.165) is 12.3 Å². The van der Waals surface area contributed by atoms with Crippen LogP contribution in [-0.2, 0) is 12.3 Å². The smallest absolute Gasteiger partial charge is 0.0664 e. The predicted octanol–water partition coefficient (Wildman–Crippen LogP) is 8.88. The first kappa shape index (κ1) is 27.5. The largest absolute Gasteiger partial charge is 0.134 e. The number of benzene rings is 8. The molecule has 0 unspecified atom stereocenters. The summed E-state index contributed by atoms with van der Waals surface area (Å²) < 4.78 is 0. The Morgan fingerprint density at radius 2 is 0.848 bits per heavy atom. The van der Waals surface area contributed by atoms with Crippen LogP contribution in [0, 0.1) is 0 Å². The third-order valence-corrected chi connectivity index (χ3v) is 15.9. The highest BCUT2D eigenvalue weighted by Crippen LogP contribution is 2.52. The van der Waals surface area contributed by atoms with E-state index in [0.29, 0.717) is 0 Å². The number of rotatable bonds is 4. The van der Waals surface area contributed by atoms with Gasteiger partial charge in [-0.3, -0.25) is 0 Å². The summed E-state index contributed by atoms with van der Waals surface area (Å²) in [6.07, 6.45) is 2.17. The summed E-state index contributed by atoms with van der Waals surface area (Å²) in [5, 5.41) is 14.2. The zero-order chi connectivity index (χ0) is 30.5. The molecule has 8 aromatic rings. The molecule has 2 heteroatoms.